The van der Waals surface area contributed by atoms with E-state index in [1.54, 1.807) is 0 Å². The molecular formula is C20H23NO4. The van der Waals surface area contributed by atoms with Crippen LogP contribution in [0, 0.1) is 0 Å². The second-order valence-corrected chi connectivity index (χ2v) is 6.82. The molecule has 1 amide bonds. The number of rotatable bonds is 5. The summed E-state index contributed by atoms with van der Waals surface area (Å²) in [6.45, 7) is 5.86. The third-order valence-electron chi connectivity index (χ3n) is 3.43. The fraction of sp³-hybridized carbons (Fsp3) is 0.300. The van der Waals surface area contributed by atoms with Crippen LogP contribution in [0.15, 0.2) is 48.5 Å². The first-order valence-electron chi connectivity index (χ1n) is 8.10. The highest BCUT2D eigenvalue weighted by Crippen LogP contribution is 2.20. The Morgan fingerprint density at radius 2 is 1.40 bits per heavy atom. The highest BCUT2D eigenvalue weighted by Gasteiger charge is 2.15. The molecule has 0 unspecified atom stereocenters. The molecule has 0 atom stereocenters. The molecule has 2 rings (SSSR count). The number of amides is 1. The number of benzene rings is 2. The van der Waals surface area contributed by atoms with Gasteiger partial charge in [0.2, 0.25) is 0 Å². The number of ether oxygens (including phenoxy) is 1. The van der Waals surface area contributed by atoms with Crippen molar-refractivity contribution in [1.29, 1.82) is 0 Å². The minimum atomic E-state index is -0.838. The normalized spacial score (nSPS) is 11.0. The highest BCUT2D eigenvalue weighted by atomic mass is 16.6. The van der Waals surface area contributed by atoms with Crippen molar-refractivity contribution in [3.05, 3.63) is 59.7 Å². The van der Waals surface area contributed by atoms with E-state index in [-0.39, 0.29) is 6.42 Å². The van der Waals surface area contributed by atoms with Gasteiger partial charge >= 0.3 is 12.1 Å². The molecule has 2 N–H and O–H groups in total. The van der Waals surface area contributed by atoms with Gasteiger partial charge in [-0.3, -0.25) is 4.79 Å². The van der Waals surface area contributed by atoms with Gasteiger partial charge in [-0.15, -0.1) is 0 Å². The highest BCUT2D eigenvalue weighted by molar-refractivity contribution is 5.71. The standard InChI is InChI=1S/C20H23NO4/c1-20(2,3)25-19(24)21-13-15-6-10-17(11-7-15)16-8-4-14(5-9-16)12-18(22)23/h4-11H,12-13H2,1-3H3,(H,21,24)(H,22,23). The maximum Gasteiger partial charge on any atom is 0.407 e. The van der Waals surface area contributed by atoms with E-state index >= 15 is 0 Å². The van der Waals surface area contributed by atoms with Gasteiger partial charge in [0.05, 0.1) is 6.42 Å². The van der Waals surface area contributed by atoms with Crippen LogP contribution in [0.25, 0.3) is 11.1 Å². The second kappa shape index (κ2) is 7.83. The van der Waals surface area contributed by atoms with E-state index in [0.717, 1.165) is 22.3 Å². The van der Waals surface area contributed by atoms with Crippen LogP contribution < -0.4 is 5.32 Å². The molecule has 2 aromatic rings. The molecule has 5 nitrogen and oxygen atoms in total. The number of nitrogens with one attached hydrogen (secondary N) is 1. The van der Waals surface area contributed by atoms with Gasteiger partial charge in [-0.25, -0.2) is 4.79 Å². The summed E-state index contributed by atoms with van der Waals surface area (Å²) in [5.41, 5.74) is 3.27. The van der Waals surface area contributed by atoms with Gasteiger partial charge in [0.15, 0.2) is 0 Å². The zero-order chi connectivity index (χ0) is 18.4. The quantitative estimate of drug-likeness (QED) is 0.862. The minimum absolute atomic E-state index is 0.0234. The number of carboxylic acids is 1. The minimum Gasteiger partial charge on any atom is -0.481 e. The molecule has 5 heteroatoms. The summed E-state index contributed by atoms with van der Waals surface area (Å²) in [6.07, 6.45) is -0.416. The number of aliphatic carboxylic acids is 1. The fourth-order valence-electron chi connectivity index (χ4n) is 2.29. The Labute approximate surface area is 147 Å². The molecule has 0 aliphatic rings. The predicted octanol–water partition coefficient (Wildman–Crippen LogP) is 4.01. The van der Waals surface area contributed by atoms with Gasteiger partial charge < -0.3 is 15.2 Å². The molecule has 0 radical (unpaired) electrons. The maximum atomic E-state index is 11.7. The Bertz CT molecular complexity index is 728. The molecule has 0 saturated carbocycles. The third kappa shape index (κ3) is 6.30. The Kier molecular flexibility index (Phi) is 5.80. The Morgan fingerprint density at radius 1 is 0.920 bits per heavy atom. The number of hydrogen-bond acceptors (Lipinski definition) is 3. The number of carboxylic acid groups (broad SMARTS) is 1. The summed E-state index contributed by atoms with van der Waals surface area (Å²) in [4.78, 5) is 22.4. The number of hydrogen-bond donors (Lipinski definition) is 2. The van der Waals surface area contributed by atoms with Crippen LogP contribution in [0.2, 0.25) is 0 Å². The van der Waals surface area contributed by atoms with Gasteiger partial charge in [0, 0.05) is 6.54 Å². The molecular weight excluding hydrogens is 318 g/mol. The van der Waals surface area contributed by atoms with Crippen molar-refractivity contribution in [2.75, 3.05) is 0 Å². The molecule has 0 bridgehead atoms. The van der Waals surface area contributed by atoms with Crippen LogP contribution >= 0.6 is 0 Å². The fourth-order valence-corrected chi connectivity index (χ4v) is 2.29. The van der Waals surface area contributed by atoms with Crippen LogP contribution in [0.3, 0.4) is 0 Å². The van der Waals surface area contributed by atoms with Crippen LogP contribution in [-0.4, -0.2) is 22.8 Å². The van der Waals surface area contributed by atoms with Crippen molar-refractivity contribution in [2.45, 2.75) is 39.3 Å². The molecule has 0 fully saturated rings. The van der Waals surface area contributed by atoms with E-state index in [1.807, 2.05) is 69.3 Å². The van der Waals surface area contributed by atoms with E-state index in [1.165, 1.54) is 0 Å². The monoisotopic (exact) mass is 341 g/mol. The second-order valence-electron chi connectivity index (χ2n) is 6.82. The van der Waals surface area contributed by atoms with Gasteiger partial charge in [0.25, 0.3) is 0 Å². The van der Waals surface area contributed by atoms with E-state index in [0.29, 0.717) is 6.54 Å². The lowest BCUT2D eigenvalue weighted by molar-refractivity contribution is -0.136. The molecule has 0 aliphatic heterocycles. The summed E-state index contributed by atoms with van der Waals surface area (Å²) in [6, 6.07) is 15.3. The zero-order valence-corrected chi connectivity index (χ0v) is 14.7. The lowest BCUT2D eigenvalue weighted by Gasteiger charge is -2.19. The van der Waals surface area contributed by atoms with Crippen LogP contribution in [0.4, 0.5) is 4.79 Å². The smallest absolute Gasteiger partial charge is 0.407 e. The van der Waals surface area contributed by atoms with Crippen LogP contribution in [0.5, 0.6) is 0 Å². The lowest BCUT2D eigenvalue weighted by atomic mass is 10.0. The Morgan fingerprint density at radius 3 is 1.84 bits per heavy atom. The van der Waals surface area contributed by atoms with E-state index in [4.69, 9.17) is 9.84 Å². The summed E-state index contributed by atoms with van der Waals surface area (Å²) in [5.74, 6) is -0.838. The Hall–Kier alpha value is -2.82. The number of carbonyl (C=O) groups is 2. The Balaban J connectivity index is 1.95. The van der Waals surface area contributed by atoms with Gasteiger partial charge in [-0.1, -0.05) is 48.5 Å². The molecule has 2 aromatic carbocycles. The van der Waals surface area contributed by atoms with E-state index in [9.17, 15) is 9.59 Å². The van der Waals surface area contributed by atoms with Crippen LogP contribution in [0.1, 0.15) is 31.9 Å². The van der Waals surface area contributed by atoms with Crippen molar-refractivity contribution in [2.24, 2.45) is 0 Å². The number of alkyl carbamates (subject to hydrolysis) is 1. The number of carbonyl (C=O) groups excluding carboxylic acids is 1. The molecule has 0 saturated heterocycles. The van der Waals surface area contributed by atoms with Crippen molar-refractivity contribution >= 4 is 12.1 Å². The first kappa shape index (κ1) is 18.5. The largest absolute Gasteiger partial charge is 0.481 e. The topological polar surface area (TPSA) is 75.6 Å². The summed E-state index contributed by atoms with van der Waals surface area (Å²) >= 11 is 0. The third-order valence-corrected chi connectivity index (χ3v) is 3.43. The van der Waals surface area contributed by atoms with E-state index in [2.05, 4.69) is 5.32 Å². The van der Waals surface area contributed by atoms with Gasteiger partial charge in [0.1, 0.15) is 5.60 Å². The molecule has 25 heavy (non-hydrogen) atoms. The first-order chi connectivity index (χ1) is 11.7. The average molecular weight is 341 g/mol. The molecule has 0 aromatic heterocycles. The molecule has 0 spiro atoms. The SMILES string of the molecule is CC(C)(C)OC(=O)NCc1ccc(-c2ccc(CC(=O)O)cc2)cc1. The van der Waals surface area contributed by atoms with Gasteiger partial charge in [-0.2, -0.15) is 0 Å². The lowest BCUT2D eigenvalue weighted by Crippen LogP contribution is -2.32. The van der Waals surface area contributed by atoms with Crippen molar-refractivity contribution in [3.63, 3.8) is 0 Å². The average Bonchev–Trinajstić information content (AvgIpc) is 2.52. The molecule has 0 heterocycles. The molecule has 132 valence electrons. The van der Waals surface area contributed by atoms with E-state index < -0.39 is 17.7 Å². The van der Waals surface area contributed by atoms with Gasteiger partial charge in [-0.05, 0) is 43.0 Å². The summed E-state index contributed by atoms with van der Waals surface area (Å²) < 4.78 is 5.20. The predicted molar refractivity (Wildman–Crippen MR) is 96.3 cm³/mol. The van der Waals surface area contributed by atoms with Crippen molar-refractivity contribution in [3.8, 4) is 11.1 Å². The molecule has 0 aliphatic carbocycles. The zero-order valence-electron chi connectivity index (χ0n) is 14.7. The summed E-state index contributed by atoms with van der Waals surface area (Å²) in [7, 11) is 0. The van der Waals surface area contributed by atoms with Crippen molar-refractivity contribution < 1.29 is 19.4 Å². The maximum absolute atomic E-state index is 11.7. The first-order valence-corrected chi connectivity index (χ1v) is 8.10. The van der Waals surface area contributed by atoms with Crippen LogP contribution in [-0.2, 0) is 22.5 Å². The van der Waals surface area contributed by atoms with Crippen molar-refractivity contribution in [1.82, 2.24) is 5.32 Å². The summed E-state index contributed by atoms with van der Waals surface area (Å²) in [5, 5.41) is 11.5.